The molecule has 1 saturated carbocycles. The molecule has 1 rings (SSSR count). The van der Waals surface area contributed by atoms with Crippen LogP contribution >= 0.6 is 0 Å². The van der Waals surface area contributed by atoms with Crippen LogP contribution in [0.1, 0.15) is 72.6 Å². The number of rotatable bonds is 13. The summed E-state index contributed by atoms with van der Waals surface area (Å²) in [7, 11) is 0. The standard InChI is InChI=1S/C20H40O3/c1-5-6-12-21-13-7-8-14-22-15-16-23-19-11-9-10-18(4)20(19)17(2)3/h17-20H,5-16H2,1-4H3. The van der Waals surface area contributed by atoms with Gasteiger partial charge in [-0.25, -0.2) is 0 Å². The van der Waals surface area contributed by atoms with Gasteiger partial charge in [0.05, 0.1) is 19.3 Å². The molecule has 0 bridgehead atoms. The van der Waals surface area contributed by atoms with Crippen LogP contribution < -0.4 is 0 Å². The fourth-order valence-corrected chi connectivity index (χ4v) is 3.79. The fourth-order valence-electron chi connectivity index (χ4n) is 3.79. The summed E-state index contributed by atoms with van der Waals surface area (Å²) in [5.74, 6) is 2.22. The summed E-state index contributed by atoms with van der Waals surface area (Å²) < 4.78 is 17.4. The molecule has 0 spiro atoms. The van der Waals surface area contributed by atoms with Crippen molar-refractivity contribution in [3.8, 4) is 0 Å². The Morgan fingerprint density at radius 2 is 1.52 bits per heavy atom. The Bertz CT molecular complexity index is 268. The Labute approximate surface area is 144 Å². The second-order valence-electron chi connectivity index (χ2n) is 7.42. The van der Waals surface area contributed by atoms with Crippen LogP contribution in [0.15, 0.2) is 0 Å². The Hall–Kier alpha value is -0.120. The molecule has 3 nitrogen and oxygen atoms in total. The highest BCUT2D eigenvalue weighted by Crippen LogP contribution is 2.36. The fraction of sp³-hybridized carbons (Fsp3) is 1.00. The maximum atomic E-state index is 6.15. The van der Waals surface area contributed by atoms with Crippen LogP contribution in [0.3, 0.4) is 0 Å². The first kappa shape index (κ1) is 20.9. The van der Waals surface area contributed by atoms with Crippen LogP contribution in [0.4, 0.5) is 0 Å². The Kier molecular flexibility index (Phi) is 12.0. The van der Waals surface area contributed by atoms with Gasteiger partial charge in [0.2, 0.25) is 0 Å². The normalized spacial score (nSPS) is 25.2. The van der Waals surface area contributed by atoms with Gasteiger partial charge in [0.1, 0.15) is 0 Å². The summed E-state index contributed by atoms with van der Waals surface area (Å²) in [6.07, 6.45) is 8.90. The average Bonchev–Trinajstić information content (AvgIpc) is 2.52. The van der Waals surface area contributed by atoms with E-state index >= 15 is 0 Å². The minimum Gasteiger partial charge on any atom is -0.381 e. The van der Waals surface area contributed by atoms with Gasteiger partial charge in [-0.3, -0.25) is 0 Å². The molecular formula is C20H40O3. The van der Waals surface area contributed by atoms with Crippen LogP contribution in [0.2, 0.25) is 0 Å². The Morgan fingerprint density at radius 1 is 0.870 bits per heavy atom. The molecule has 1 aliphatic rings. The van der Waals surface area contributed by atoms with E-state index < -0.39 is 0 Å². The van der Waals surface area contributed by atoms with Crippen LogP contribution in [0.5, 0.6) is 0 Å². The zero-order valence-corrected chi connectivity index (χ0v) is 16.0. The number of unbranched alkanes of at least 4 members (excludes halogenated alkanes) is 2. The highest BCUT2D eigenvalue weighted by molar-refractivity contribution is 4.82. The van der Waals surface area contributed by atoms with Gasteiger partial charge in [0, 0.05) is 19.8 Å². The Balaban J connectivity index is 1.97. The predicted molar refractivity (Wildman–Crippen MR) is 96.9 cm³/mol. The van der Waals surface area contributed by atoms with E-state index in [1.165, 1.54) is 32.1 Å². The molecule has 0 aromatic heterocycles. The molecule has 23 heavy (non-hydrogen) atoms. The molecule has 1 aliphatic carbocycles. The lowest BCUT2D eigenvalue weighted by Crippen LogP contribution is -2.37. The first-order valence-electron chi connectivity index (χ1n) is 9.93. The largest absolute Gasteiger partial charge is 0.381 e. The maximum absolute atomic E-state index is 6.15. The molecule has 3 heteroatoms. The quantitative estimate of drug-likeness (QED) is 0.441. The second kappa shape index (κ2) is 13.2. The van der Waals surface area contributed by atoms with Crippen molar-refractivity contribution in [3.63, 3.8) is 0 Å². The van der Waals surface area contributed by atoms with Gasteiger partial charge >= 0.3 is 0 Å². The smallest absolute Gasteiger partial charge is 0.0704 e. The zero-order valence-electron chi connectivity index (χ0n) is 16.0. The minimum atomic E-state index is 0.439. The van der Waals surface area contributed by atoms with E-state index in [4.69, 9.17) is 14.2 Å². The second-order valence-corrected chi connectivity index (χ2v) is 7.42. The van der Waals surface area contributed by atoms with E-state index in [9.17, 15) is 0 Å². The summed E-state index contributed by atoms with van der Waals surface area (Å²) in [6, 6.07) is 0. The summed E-state index contributed by atoms with van der Waals surface area (Å²) in [5, 5.41) is 0. The summed E-state index contributed by atoms with van der Waals surface area (Å²) in [5.41, 5.74) is 0. The lowest BCUT2D eigenvalue weighted by molar-refractivity contribution is -0.0648. The third-order valence-electron chi connectivity index (χ3n) is 5.03. The molecule has 0 amide bonds. The van der Waals surface area contributed by atoms with Crippen LogP contribution in [-0.4, -0.2) is 39.1 Å². The molecule has 0 aliphatic heterocycles. The van der Waals surface area contributed by atoms with Crippen molar-refractivity contribution in [2.45, 2.75) is 78.7 Å². The van der Waals surface area contributed by atoms with Crippen LogP contribution in [-0.2, 0) is 14.2 Å². The van der Waals surface area contributed by atoms with Crippen LogP contribution in [0.25, 0.3) is 0 Å². The van der Waals surface area contributed by atoms with Gasteiger partial charge in [0.15, 0.2) is 0 Å². The molecule has 1 fully saturated rings. The summed E-state index contributed by atoms with van der Waals surface area (Å²) >= 11 is 0. The summed E-state index contributed by atoms with van der Waals surface area (Å²) in [6.45, 7) is 13.3. The van der Waals surface area contributed by atoms with Crippen LogP contribution in [0, 0.1) is 17.8 Å². The lowest BCUT2D eigenvalue weighted by atomic mass is 9.72. The molecular weight excluding hydrogens is 288 g/mol. The van der Waals surface area contributed by atoms with E-state index in [1.807, 2.05) is 0 Å². The average molecular weight is 329 g/mol. The molecule has 138 valence electrons. The SMILES string of the molecule is CCCCOCCCCOCCOC1CCCC(C)C1C(C)C. The van der Waals surface area contributed by atoms with E-state index in [1.54, 1.807) is 0 Å². The van der Waals surface area contributed by atoms with Gasteiger partial charge in [-0.05, 0) is 43.4 Å². The van der Waals surface area contributed by atoms with Crippen molar-refractivity contribution in [2.75, 3.05) is 33.0 Å². The van der Waals surface area contributed by atoms with Crippen molar-refractivity contribution in [1.29, 1.82) is 0 Å². The molecule has 3 unspecified atom stereocenters. The van der Waals surface area contributed by atoms with E-state index in [0.717, 1.165) is 51.8 Å². The van der Waals surface area contributed by atoms with Crippen molar-refractivity contribution in [1.82, 2.24) is 0 Å². The third-order valence-corrected chi connectivity index (χ3v) is 5.03. The van der Waals surface area contributed by atoms with Crippen molar-refractivity contribution in [2.24, 2.45) is 17.8 Å². The van der Waals surface area contributed by atoms with E-state index in [0.29, 0.717) is 17.9 Å². The molecule has 0 aromatic carbocycles. The lowest BCUT2D eigenvalue weighted by Gasteiger charge is -2.39. The predicted octanol–water partition coefficient (Wildman–Crippen LogP) is 5.08. The topological polar surface area (TPSA) is 27.7 Å². The van der Waals surface area contributed by atoms with E-state index in [2.05, 4.69) is 27.7 Å². The number of ether oxygens (including phenoxy) is 3. The number of hydrogen-bond acceptors (Lipinski definition) is 3. The monoisotopic (exact) mass is 328 g/mol. The van der Waals surface area contributed by atoms with Crippen molar-refractivity contribution in [3.05, 3.63) is 0 Å². The Morgan fingerprint density at radius 3 is 2.17 bits per heavy atom. The van der Waals surface area contributed by atoms with Crippen molar-refractivity contribution < 1.29 is 14.2 Å². The first-order valence-corrected chi connectivity index (χ1v) is 9.93. The maximum Gasteiger partial charge on any atom is 0.0704 e. The molecule has 0 radical (unpaired) electrons. The van der Waals surface area contributed by atoms with E-state index in [-0.39, 0.29) is 0 Å². The van der Waals surface area contributed by atoms with Gasteiger partial charge in [-0.15, -0.1) is 0 Å². The van der Waals surface area contributed by atoms with Gasteiger partial charge in [-0.1, -0.05) is 47.0 Å². The summed E-state index contributed by atoms with van der Waals surface area (Å²) in [4.78, 5) is 0. The van der Waals surface area contributed by atoms with Gasteiger partial charge < -0.3 is 14.2 Å². The van der Waals surface area contributed by atoms with Gasteiger partial charge in [0.25, 0.3) is 0 Å². The van der Waals surface area contributed by atoms with Gasteiger partial charge in [-0.2, -0.15) is 0 Å². The molecule has 0 N–H and O–H groups in total. The number of hydrogen-bond donors (Lipinski definition) is 0. The minimum absolute atomic E-state index is 0.439. The first-order chi connectivity index (χ1) is 11.2. The third kappa shape index (κ3) is 9.07. The molecule has 0 saturated heterocycles. The molecule has 0 aromatic rings. The highest BCUT2D eigenvalue weighted by atomic mass is 16.5. The highest BCUT2D eigenvalue weighted by Gasteiger charge is 2.33. The van der Waals surface area contributed by atoms with Crippen molar-refractivity contribution >= 4 is 0 Å². The molecule has 3 atom stereocenters. The zero-order chi connectivity index (χ0) is 16.9. The molecule has 0 heterocycles.